The summed E-state index contributed by atoms with van der Waals surface area (Å²) in [5.41, 5.74) is 2.24. The van der Waals surface area contributed by atoms with Gasteiger partial charge in [0.2, 0.25) is 0 Å². The lowest BCUT2D eigenvalue weighted by atomic mass is 9.92. The third-order valence-corrected chi connectivity index (χ3v) is 5.18. The Balaban J connectivity index is 2.11. The minimum absolute atomic E-state index is 0.0119. The van der Waals surface area contributed by atoms with Crippen molar-refractivity contribution in [2.24, 2.45) is 0 Å². The van der Waals surface area contributed by atoms with Gasteiger partial charge in [-0.3, -0.25) is 9.59 Å². The van der Waals surface area contributed by atoms with Crippen molar-refractivity contribution in [3.8, 4) is 0 Å². The number of carbonyl (C=O) groups excluding carboxylic acids is 2. The van der Waals surface area contributed by atoms with Crippen molar-refractivity contribution in [3.05, 3.63) is 75.8 Å². The zero-order chi connectivity index (χ0) is 21.1. The predicted molar refractivity (Wildman–Crippen MR) is 113 cm³/mol. The molecule has 1 fully saturated rings. The van der Waals surface area contributed by atoms with Gasteiger partial charge in [0.15, 0.2) is 0 Å². The van der Waals surface area contributed by atoms with Crippen LogP contribution >= 0.6 is 11.6 Å². The average Bonchev–Trinajstić information content (AvgIpc) is 2.93. The van der Waals surface area contributed by atoms with Crippen LogP contribution in [0, 0.1) is 6.92 Å². The molecule has 2 aromatic carbocycles. The first kappa shape index (κ1) is 21.1. The van der Waals surface area contributed by atoms with Gasteiger partial charge in [-0.15, -0.1) is 0 Å². The van der Waals surface area contributed by atoms with Crippen molar-refractivity contribution < 1.29 is 19.4 Å². The summed E-state index contributed by atoms with van der Waals surface area (Å²) < 4.78 is 5.60. The van der Waals surface area contributed by atoms with Crippen molar-refractivity contribution >= 4 is 29.1 Å². The molecule has 1 N–H and O–H groups in total. The minimum Gasteiger partial charge on any atom is -0.507 e. The number of aliphatic hydroxyl groups excluding tert-OH is 1. The zero-order valence-corrected chi connectivity index (χ0v) is 17.4. The van der Waals surface area contributed by atoms with E-state index in [4.69, 9.17) is 16.3 Å². The highest BCUT2D eigenvalue weighted by atomic mass is 35.5. The maximum atomic E-state index is 12.9. The zero-order valence-electron chi connectivity index (χ0n) is 16.7. The summed E-state index contributed by atoms with van der Waals surface area (Å²) in [5, 5.41) is 11.5. The summed E-state index contributed by atoms with van der Waals surface area (Å²) in [7, 11) is 0. The highest BCUT2D eigenvalue weighted by molar-refractivity contribution is 6.46. The fourth-order valence-electron chi connectivity index (χ4n) is 3.48. The van der Waals surface area contributed by atoms with Crippen LogP contribution in [0.3, 0.4) is 0 Å². The Hall–Kier alpha value is -2.63. The van der Waals surface area contributed by atoms with Gasteiger partial charge in [-0.05, 0) is 56.2 Å². The lowest BCUT2D eigenvalue weighted by molar-refractivity contribution is -0.140. The predicted octanol–water partition coefficient (Wildman–Crippen LogP) is 4.50. The number of aliphatic hydroxyl groups is 1. The molecule has 1 unspecified atom stereocenters. The van der Waals surface area contributed by atoms with E-state index in [0.717, 1.165) is 11.1 Å². The van der Waals surface area contributed by atoms with Crippen molar-refractivity contribution in [2.75, 3.05) is 13.2 Å². The molecule has 1 atom stereocenters. The van der Waals surface area contributed by atoms with Crippen LogP contribution in [-0.4, -0.2) is 41.0 Å². The van der Waals surface area contributed by atoms with Crippen LogP contribution in [0.4, 0.5) is 0 Å². The summed E-state index contributed by atoms with van der Waals surface area (Å²) >= 11 is 5.94. The van der Waals surface area contributed by atoms with Gasteiger partial charge < -0.3 is 14.7 Å². The molecular weight excluding hydrogens is 390 g/mol. The second-order valence-electron chi connectivity index (χ2n) is 7.28. The van der Waals surface area contributed by atoms with Gasteiger partial charge in [-0.1, -0.05) is 35.9 Å². The van der Waals surface area contributed by atoms with Gasteiger partial charge in [-0.25, -0.2) is 0 Å². The number of ether oxygens (including phenoxy) is 1. The standard InChI is InChI=1S/C23H24ClNO4/c1-14(2)29-13-12-25-20(18-7-5-4-6-15(18)3)19(22(27)23(25)28)21(26)16-8-10-17(24)11-9-16/h4-11,14,20,26H,12-13H2,1-3H3/b21-19-. The molecule has 0 aliphatic carbocycles. The molecule has 3 rings (SSSR count). The molecule has 152 valence electrons. The lowest BCUT2D eigenvalue weighted by Crippen LogP contribution is -2.33. The Labute approximate surface area is 175 Å². The number of benzene rings is 2. The number of rotatable bonds is 6. The summed E-state index contributed by atoms with van der Waals surface area (Å²) in [6, 6.07) is 13.4. The maximum absolute atomic E-state index is 12.9. The Kier molecular flexibility index (Phi) is 6.40. The van der Waals surface area contributed by atoms with Crippen molar-refractivity contribution in [1.29, 1.82) is 0 Å². The second kappa shape index (κ2) is 8.80. The first-order valence-electron chi connectivity index (χ1n) is 9.52. The third-order valence-electron chi connectivity index (χ3n) is 4.92. The quantitative estimate of drug-likeness (QED) is 0.430. The van der Waals surface area contributed by atoms with E-state index in [2.05, 4.69) is 0 Å². The molecule has 0 saturated carbocycles. The largest absolute Gasteiger partial charge is 0.507 e. The van der Waals surface area contributed by atoms with Gasteiger partial charge in [0.1, 0.15) is 5.76 Å². The fourth-order valence-corrected chi connectivity index (χ4v) is 3.60. The number of likely N-dealkylation sites (tertiary alicyclic amines) is 1. The van der Waals surface area contributed by atoms with Crippen LogP contribution < -0.4 is 0 Å². The summed E-state index contributed by atoms with van der Waals surface area (Å²) in [5.74, 6) is -1.54. The topological polar surface area (TPSA) is 66.8 Å². The molecule has 1 heterocycles. The number of nitrogens with zero attached hydrogens (tertiary/aromatic N) is 1. The molecule has 1 amide bonds. The number of hydrogen-bond acceptors (Lipinski definition) is 4. The highest BCUT2D eigenvalue weighted by Crippen LogP contribution is 2.40. The second-order valence-corrected chi connectivity index (χ2v) is 7.71. The lowest BCUT2D eigenvalue weighted by Gasteiger charge is -2.26. The number of amides is 1. The first-order chi connectivity index (χ1) is 13.8. The molecule has 1 aliphatic rings. The molecule has 5 nitrogen and oxygen atoms in total. The molecule has 6 heteroatoms. The Morgan fingerprint density at radius 1 is 1.14 bits per heavy atom. The van der Waals surface area contributed by atoms with E-state index in [-0.39, 0.29) is 24.0 Å². The summed E-state index contributed by atoms with van der Waals surface area (Å²) in [6.45, 7) is 6.29. The monoisotopic (exact) mass is 413 g/mol. The molecule has 0 bridgehead atoms. The van der Waals surface area contributed by atoms with Gasteiger partial charge in [-0.2, -0.15) is 0 Å². The van der Waals surface area contributed by atoms with Crippen molar-refractivity contribution in [2.45, 2.75) is 32.9 Å². The van der Waals surface area contributed by atoms with E-state index < -0.39 is 17.7 Å². The molecule has 0 radical (unpaired) electrons. The van der Waals surface area contributed by atoms with Gasteiger partial charge in [0.05, 0.1) is 24.3 Å². The number of aryl methyl sites for hydroxylation is 1. The molecule has 29 heavy (non-hydrogen) atoms. The first-order valence-corrected chi connectivity index (χ1v) is 9.90. The van der Waals surface area contributed by atoms with Crippen molar-refractivity contribution in [3.63, 3.8) is 0 Å². The summed E-state index contributed by atoms with van der Waals surface area (Å²) in [4.78, 5) is 27.2. The number of carbonyl (C=O) groups is 2. The average molecular weight is 414 g/mol. The van der Waals surface area contributed by atoms with Crippen LogP contribution in [0.5, 0.6) is 0 Å². The molecule has 0 aromatic heterocycles. The van der Waals surface area contributed by atoms with E-state index in [0.29, 0.717) is 17.2 Å². The Morgan fingerprint density at radius 2 is 1.79 bits per heavy atom. The minimum atomic E-state index is -0.699. The normalized spacial score (nSPS) is 18.7. The van der Waals surface area contributed by atoms with Crippen molar-refractivity contribution in [1.82, 2.24) is 4.90 Å². The van der Waals surface area contributed by atoms with Crippen LogP contribution in [-0.2, 0) is 14.3 Å². The van der Waals surface area contributed by atoms with E-state index in [1.807, 2.05) is 45.0 Å². The maximum Gasteiger partial charge on any atom is 0.295 e. The smallest absolute Gasteiger partial charge is 0.295 e. The number of hydrogen-bond donors (Lipinski definition) is 1. The summed E-state index contributed by atoms with van der Waals surface area (Å²) in [6.07, 6.45) is 0.0119. The molecule has 1 aliphatic heterocycles. The SMILES string of the molecule is Cc1ccccc1C1/C(=C(/O)c2ccc(Cl)cc2)C(=O)C(=O)N1CCOC(C)C. The fraction of sp³-hybridized carbons (Fsp3) is 0.304. The molecule has 2 aromatic rings. The Morgan fingerprint density at radius 3 is 2.41 bits per heavy atom. The van der Waals surface area contributed by atoms with E-state index >= 15 is 0 Å². The molecular formula is C23H24ClNO4. The molecule has 0 spiro atoms. The van der Waals surface area contributed by atoms with E-state index in [1.165, 1.54) is 4.90 Å². The van der Waals surface area contributed by atoms with Crippen LogP contribution in [0.15, 0.2) is 54.1 Å². The molecule has 1 saturated heterocycles. The number of halogens is 1. The van der Waals surface area contributed by atoms with E-state index in [9.17, 15) is 14.7 Å². The van der Waals surface area contributed by atoms with Gasteiger partial charge in [0.25, 0.3) is 11.7 Å². The van der Waals surface area contributed by atoms with Gasteiger partial charge >= 0.3 is 0 Å². The highest BCUT2D eigenvalue weighted by Gasteiger charge is 2.46. The Bertz CT molecular complexity index is 950. The van der Waals surface area contributed by atoms with Crippen LogP contribution in [0.2, 0.25) is 5.02 Å². The van der Waals surface area contributed by atoms with E-state index in [1.54, 1.807) is 24.3 Å². The van der Waals surface area contributed by atoms with Gasteiger partial charge in [0, 0.05) is 17.1 Å². The number of ketones is 1. The van der Waals surface area contributed by atoms with Crippen LogP contribution in [0.25, 0.3) is 5.76 Å². The number of Topliss-reactive ketones (excluding diaryl/α,β-unsaturated/α-hetero) is 1. The third kappa shape index (κ3) is 4.36. The van der Waals surface area contributed by atoms with Crippen LogP contribution in [0.1, 0.15) is 36.6 Å².